The number of rotatable bonds is 10. The van der Waals surface area contributed by atoms with Gasteiger partial charge < -0.3 is 25.2 Å². The van der Waals surface area contributed by atoms with Gasteiger partial charge in [0, 0.05) is 29.6 Å². The van der Waals surface area contributed by atoms with Crippen LogP contribution in [0.25, 0.3) is 0 Å². The Kier molecular flexibility index (Phi) is 13.8. The molecule has 5 rings (SSSR count). The lowest BCUT2D eigenvalue weighted by molar-refractivity contribution is -0.137. The monoisotopic (exact) mass is 630 g/mol. The van der Waals surface area contributed by atoms with E-state index in [2.05, 4.69) is 10.6 Å². The van der Waals surface area contributed by atoms with Crippen LogP contribution in [0.15, 0.2) is 36.4 Å². The average molecular weight is 632 g/mol. The van der Waals surface area contributed by atoms with Crippen LogP contribution in [0.5, 0.6) is 11.5 Å². The maximum Gasteiger partial charge on any atom is 0.303 e. The summed E-state index contributed by atoms with van der Waals surface area (Å²) >= 11 is 11.1. The molecular formula is C30H38Cl2F2N2O6. The number of ether oxygens (including phenoxy) is 2. The standard InChI is InChI=1S/C17H20ClFN2O3.C8H8ClFO.C5H10O2/c18-13-2-1-12(9-14(13)19)24-10-15(23)21-17-6-3-16(4-7-17,5-8-17)20-11-22;1-2-11-6-3-4-7(9)8(10)5-6;1-4(2)3-5(6)7/h1-2,9,11H,3-8,10H2,(H,20,22)(H,21,23);3-5H,2H2,1H3;4H,3H2,1-2H3,(H,6,7). The molecule has 0 saturated heterocycles. The van der Waals surface area contributed by atoms with E-state index < -0.39 is 17.6 Å². The first-order valence-electron chi connectivity index (χ1n) is 13.7. The predicted octanol–water partition coefficient (Wildman–Crippen LogP) is 6.56. The maximum absolute atomic E-state index is 13.4. The fourth-order valence-corrected chi connectivity index (χ4v) is 5.08. The molecule has 0 radical (unpaired) electrons. The number of carboxylic acids is 1. The first-order valence-corrected chi connectivity index (χ1v) is 14.5. The Hall–Kier alpha value is -3.11. The SMILES string of the molecule is CC(C)CC(=O)O.CCOc1ccc(Cl)c(F)c1.O=CNC12CCC(NC(=O)COc3ccc(Cl)c(F)c3)(CC1)CC2. The van der Waals surface area contributed by atoms with Gasteiger partial charge in [-0.15, -0.1) is 0 Å². The Morgan fingerprint density at radius 3 is 1.79 bits per heavy atom. The molecule has 0 heterocycles. The zero-order chi connectivity index (χ0) is 31.3. The summed E-state index contributed by atoms with van der Waals surface area (Å²) in [7, 11) is 0. The highest BCUT2D eigenvalue weighted by atomic mass is 35.5. The van der Waals surface area contributed by atoms with E-state index in [-0.39, 0.29) is 51.7 Å². The molecule has 2 bridgehead atoms. The Bertz CT molecular complexity index is 1190. The molecule has 12 heteroatoms. The highest BCUT2D eigenvalue weighted by Crippen LogP contribution is 2.46. The molecule has 2 amide bonds. The van der Waals surface area contributed by atoms with Crippen molar-refractivity contribution in [2.45, 2.75) is 76.8 Å². The predicted molar refractivity (Wildman–Crippen MR) is 157 cm³/mol. The minimum atomic E-state index is -0.713. The molecule has 232 valence electrons. The number of nitrogens with one attached hydrogen (secondary N) is 2. The number of carbonyl (C=O) groups excluding carboxylic acids is 2. The summed E-state index contributed by atoms with van der Waals surface area (Å²) in [5.74, 6) is -0.902. The highest BCUT2D eigenvalue weighted by molar-refractivity contribution is 6.31. The summed E-state index contributed by atoms with van der Waals surface area (Å²) in [6.45, 7) is 5.97. The minimum Gasteiger partial charge on any atom is -0.494 e. The van der Waals surface area contributed by atoms with E-state index in [1.165, 1.54) is 24.3 Å². The van der Waals surface area contributed by atoms with Gasteiger partial charge in [-0.3, -0.25) is 14.4 Å². The van der Waals surface area contributed by atoms with Gasteiger partial charge in [0.25, 0.3) is 5.91 Å². The number of hydrogen-bond donors (Lipinski definition) is 3. The summed E-state index contributed by atoms with van der Waals surface area (Å²) in [5, 5.41) is 14.2. The van der Waals surface area contributed by atoms with Gasteiger partial charge >= 0.3 is 5.97 Å². The normalized spacial score (nSPS) is 20.3. The van der Waals surface area contributed by atoms with Crippen LogP contribution >= 0.6 is 23.2 Å². The topological polar surface area (TPSA) is 114 Å². The van der Waals surface area contributed by atoms with E-state index in [4.69, 9.17) is 37.8 Å². The second-order valence-corrected chi connectivity index (χ2v) is 11.6. The van der Waals surface area contributed by atoms with Crippen LogP contribution in [-0.4, -0.2) is 47.7 Å². The lowest BCUT2D eigenvalue weighted by Gasteiger charge is -2.53. The van der Waals surface area contributed by atoms with Crippen molar-refractivity contribution < 1.29 is 37.7 Å². The average Bonchev–Trinajstić information content (AvgIpc) is 2.93. The van der Waals surface area contributed by atoms with Crippen molar-refractivity contribution in [3.8, 4) is 11.5 Å². The van der Waals surface area contributed by atoms with Crippen molar-refractivity contribution >= 4 is 41.5 Å². The zero-order valence-corrected chi connectivity index (χ0v) is 25.5. The van der Waals surface area contributed by atoms with E-state index in [9.17, 15) is 23.2 Å². The second kappa shape index (κ2) is 16.5. The molecule has 2 aromatic carbocycles. The summed E-state index contributed by atoms with van der Waals surface area (Å²) in [6.07, 6.45) is 6.19. The van der Waals surface area contributed by atoms with Gasteiger partial charge in [0.05, 0.1) is 16.7 Å². The molecule has 3 aliphatic carbocycles. The van der Waals surface area contributed by atoms with Crippen LogP contribution in [0.4, 0.5) is 8.78 Å². The van der Waals surface area contributed by atoms with Crippen molar-refractivity contribution in [1.82, 2.24) is 10.6 Å². The van der Waals surface area contributed by atoms with Crippen molar-refractivity contribution in [1.29, 1.82) is 0 Å². The Morgan fingerprint density at radius 2 is 1.40 bits per heavy atom. The van der Waals surface area contributed by atoms with Crippen LogP contribution in [-0.2, 0) is 14.4 Å². The van der Waals surface area contributed by atoms with Gasteiger partial charge in [0.2, 0.25) is 6.41 Å². The zero-order valence-electron chi connectivity index (χ0n) is 24.0. The van der Waals surface area contributed by atoms with E-state index in [0.717, 1.165) is 51.0 Å². The molecule has 0 atom stereocenters. The Labute approximate surface area is 255 Å². The fraction of sp³-hybridized carbons (Fsp3) is 0.500. The number of carbonyl (C=O) groups is 3. The van der Waals surface area contributed by atoms with Crippen LogP contribution in [0.2, 0.25) is 10.0 Å². The number of amides is 2. The van der Waals surface area contributed by atoms with Gasteiger partial charge in [0.1, 0.15) is 23.1 Å². The molecule has 0 aliphatic heterocycles. The number of halogens is 4. The molecule has 0 aromatic heterocycles. The maximum atomic E-state index is 13.4. The number of hydrogen-bond acceptors (Lipinski definition) is 5. The molecule has 2 aromatic rings. The first kappa shape index (κ1) is 35.1. The number of benzene rings is 2. The fourth-order valence-electron chi connectivity index (χ4n) is 4.84. The van der Waals surface area contributed by atoms with E-state index in [1.54, 1.807) is 6.07 Å². The van der Waals surface area contributed by atoms with Gasteiger partial charge in [-0.25, -0.2) is 8.78 Å². The summed E-state index contributed by atoms with van der Waals surface area (Å²) in [6, 6.07) is 8.46. The smallest absolute Gasteiger partial charge is 0.303 e. The lowest BCUT2D eigenvalue weighted by atomic mass is 9.61. The quantitative estimate of drug-likeness (QED) is 0.256. The van der Waals surface area contributed by atoms with Crippen molar-refractivity contribution in [3.63, 3.8) is 0 Å². The van der Waals surface area contributed by atoms with Crippen LogP contribution in [0.1, 0.15) is 65.7 Å². The van der Waals surface area contributed by atoms with Gasteiger partial charge in [-0.05, 0) is 75.6 Å². The third kappa shape index (κ3) is 11.3. The minimum absolute atomic E-state index is 0.0162. The second-order valence-electron chi connectivity index (χ2n) is 10.7. The van der Waals surface area contributed by atoms with E-state index >= 15 is 0 Å². The van der Waals surface area contributed by atoms with Crippen LogP contribution < -0.4 is 20.1 Å². The van der Waals surface area contributed by atoms with Crippen LogP contribution in [0.3, 0.4) is 0 Å². The highest BCUT2D eigenvalue weighted by Gasteiger charge is 2.49. The molecule has 3 aliphatic rings. The first-order chi connectivity index (χ1) is 19.8. The third-order valence-corrected chi connectivity index (χ3v) is 7.68. The molecule has 42 heavy (non-hydrogen) atoms. The Morgan fingerprint density at radius 1 is 0.929 bits per heavy atom. The number of carboxylic acid groups (broad SMARTS) is 1. The molecule has 3 N–H and O–H groups in total. The summed E-state index contributed by atoms with van der Waals surface area (Å²) < 4.78 is 36.4. The third-order valence-electron chi connectivity index (χ3n) is 7.06. The van der Waals surface area contributed by atoms with Gasteiger partial charge in [-0.1, -0.05) is 37.0 Å². The summed E-state index contributed by atoms with van der Waals surface area (Å²) in [4.78, 5) is 32.7. The number of aliphatic carboxylic acids is 1. The number of fused-ring (bicyclic) bond motifs is 3. The molecule has 0 unspecified atom stereocenters. The summed E-state index contributed by atoms with van der Waals surface area (Å²) in [5.41, 5.74) is -0.302. The Balaban J connectivity index is 0.000000282. The van der Waals surface area contributed by atoms with E-state index in [0.29, 0.717) is 12.4 Å². The lowest BCUT2D eigenvalue weighted by Crippen LogP contribution is -2.63. The van der Waals surface area contributed by atoms with E-state index in [1.807, 2.05) is 20.8 Å². The largest absolute Gasteiger partial charge is 0.494 e. The van der Waals surface area contributed by atoms with Gasteiger partial charge in [0.15, 0.2) is 6.61 Å². The molecular weight excluding hydrogens is 593 g/mol. The van der Waals surface area contributed by atoms with Crippen molar-refractivity contribution in [3.05, 3.63) is 58.1 Å². The molecule has 3 fully saturated rings. The van der Waals surface area contributed by atoms with Crippen molar-refractivity contribution in [2.75, 3.05) is 13.2 Å². The van der Waals surface area contributed by atoms with Crippen LogP contribution in [0, 0.1) is 17.6 Å². The molecule has 3 saturated carbocycles. The van der Waals surface area contributed by atoms with Gasteiger partial charge in [-0.2, -0.15) is 0 Å². The molecule has 8 nitrogen and oxygen atoms in total. The van der Waals surface area contributed by atoms with Crippen molar-refractivity contribution in [2.24, 2.45) is 5.92 Å². The molecule has 0 spiro atoms.